The number of nitrogens with two attached hydrogens (primary N) is 2. The summed E-state index contributed by atoms with van der Waals surface area (Å²) in [5.41, 5.74) is 10.9. The van der Waals surface area contributed by atoms with Crippen LogP contribution in [0.1, 0.15) is 95.1 Å². The number of carbonyl (C=O) groups is 9. The van der Waals surface area contributed by atoms with E-state index in [0.717, 1.165) is 36.2 Å². The summed E-state index contributed by atoms with van der Waals surface area (Å²) in [4.78, 5) is 136. The topological polar surface area (TPSA) is 489 Å². The van der Waals surface area contributed by atoms with Gasteiger partial charge < -0.3 is 81.3 Å². The van der Waals surface area contributed by atoms with Gasteiger partial charge in [-0.15, -0.1) is 27.7 Å². The maximum Gasteiger partial charge on any atom is 0.361 e. The smallest absolute Gasteiger partial charge is 0.361 e. The summed E-state index contributed by atoms with van der Waals surface area (Å²) >= 11 is 20.8. The zero-order valence-electron chi connectivity index (χ0n) is 68.5. The lowest BCUT2D eigenvalue weighted by Gasteiger charge is -2.24. The number of aromatic nitrogens is 6. The summed E-state index contributed by atoms with van der Waals surface area (Å²) in [5, 5.41) is 29.6. The molecule has 6 aromatic carbocycles. The Morgan fingerprint density at radius 3 is 1.01 bits per heavy atom. The number of hydrogen-bond acceptors (Lipinski definition) is 20. The monoisotopic (exact) mass is 1980 g/mol. The highest BCUT2D eigenvalue weighted by atomic mass is 79.9. The number of alkyl halides is 3. The zero-order valence-corrected chi connectivity index (χ0v) is 76.8. The van der Waals surface area contributed by atoms with E-state index >= 15 is 0 Å². The minimum absolute atomic E-state index is 0. The molecule has 3 aromatic heterocycles. The van der Waals surface area contributed by atoms with Crippen LogP contribution >= 0.6 is 85.3 Å². The Kier molecular flexibility index (Phi) is 36.8. The van der Waals surface area contributed by atoms with Gasteiger partial charge >= 0.3 is 28.8 Å². The molecule has 684 valence electrons. The number of hydrogen-bond donors (Lipinski definition) is 9. The molecule has 0 spiro atoms. The van der Waals surface area contributed by atoms with E-state index in [1.165, 1.54) is 102 Å². The number of carboxylic acids is 1. The number of carbonyl (C=O) groups excluding carboxylic acids is 8. The van der Waals surface area contributed by atoms with Crippen molar-refractivity contribution in [3.63, 3.8) is 0 Å². The van der Waals surface area contributed by atoms with Crippen LogP contribution in [0.4, 0.5) is 26.3 Å². The van der Waals surface area contributed by atoms with E-state index < -0.39 is 163 Å². The van der Waals surface area contributed by atoms with Gasteiger partial charge in [0.05, 0.1) is 93.6 Å². The molecule has 49 heteroatoms. The lowest BCUT2D eigenvalue weighted by Crippen LogP contribution is -2.46. The number of amides is 8. The van der Waals surface area contributed by atoms with Crippen LogP contribution in [0.5, 0.6) is 0 Å². The predicted octanol–water partition coefficient (Wildman–Crippen LogP) is 10.5. The van der Waals surface area contributed by atoms with Gasteiger partial charge in [-0.1, -0.05) is 90.8 Å². The molecule has 126 heavy (non-hydrogen) atoms. The number of nitrogens with zero attached hydrogens (tertiary/aromatic N) is 9. The van der Waals surface area contributed by atoms with Crippen molar-refractivity contribution in [1.82, 2.24) is 66.1 Å². The summed E-state index contributed by atoms with van der Waals surface area (Å²) in [6, 6.07) is 21.3. The quantitative estimate of drug-likeness (QED) is 0.00910. The summed E-state index contributed by atoms with van der Waals surface area (Å²) in [7, 11) is -12.2. The predicted molar refractivity (Wildman–Crippen MR) is 465 cm³/mol. The molecule has 0 bridgehead atoms. The van der Waals surface area contributed by atoms with Gasteiger partial charge in [-0.3, -0.25) is 66.1 Å². The molecular formula is C77H91BrCl4F6N15O19P3Si. The van der Waals surface area contributed by atoms with Crippen LogP contribution in [0.3, 0.4) is 0 Å². The first-order valence-corrected chi connectivity index (χ1v) is 49.7. The maximum atomic E-state index is 14.5. The first-order valence-electron chi connectivity index (χ1n) is 38.2. The number of halogens is 11. The number of likely N-dealkylation sites (tertiary alicyclic amines) is 3. The van der Waals surface area contributed by atoms with Crippen molar-refractivity contribution in [3.8, 4) is 0 Å². The molecule has 3 aliphatic heterocycles. The fourth-order valence-corrected chi connectivity index (χ4v) is 17.8. The van der Waals surface area contributed by atoms with Crippen LogP contribution in [-0.2, 0) is 99.8 Å². The van der Waals surface area contributed by atoms with E-state index in [0.29, 0.717) is 0 Å². The van der Waals surface area contributed by atoms with Gasteiger partial charge in [-0.05, 0) is 100 Å². The lowest BCUT2D eigenvalue weighted by atomic mass is 10.1. The minimum Gasteiger partial charge on any atom is -0.476 e. The lowest BCUT2D eigenvalue weighted by molar-refractivity contribution is -0.139. The summed E-state index contributed by atoms with van der Waals surface area (Å²) in [6.45, 7) is 9.51. The third kappa shape index (κ3) is 25.6. The van der Waals surface area contributed by atoms with Crippen LogP contribution < -0.4 is 49.5 Å². The third-order valence-electron chi connectivity index (χ3n) is 19.0. The number of rotatable bonds is 29. The molecular weight excluding hydrogens is 1900 g/mol. The van der Waals surface area contributed by atoms with E-state index in [1.54, 1.807) is 27.7 Å². The summed E-state index contributed by atoms with van der Waals surface area (Å²) in [5.74, 6) is -9.43. The number of aromatic carboxylic acids is 1. The normalized spacial score (nSPS) is 16.9. The van der Waals surface area contributed by atoms with Gasteiger partial charge in [0.15, 0.2) is 17.1 Å². The number of nitrogens with one attached hydrogen (secondary N) is 3. The Bertz CT molecular complexity index is 5480. The average Bonchev–Trinajstić information content (AvgIpc) is 1.62. The van der Waals surface area contributed by atoms with Crippen LogP contribution in [0.25, 0.3) is 32.7 Å². The number of fused-ring (bicyclic) bond motifs is 3. The van der Waals surface area contributed by atoms with Crippen LogP contribution in [0.2, 0.25) is 34.7 Å². The second kappa shape index (κ2) is 44.7. The maximum absolute atomic E-state index is 14.5. The van der Waals surface area contributed by atoms with Crippen molar-refractivity contribution >= 4 is 194 Å². The molecule has 12 rings (SSSR count). The highest BCUT2D eigenvalue weighted by Crippen LogP contribution is 2.49. The molecule has 34 nitrogen and oxygen atoms in total. The second-order valence-electron chi connectivity index (χ2n) is 28.9. The van der Waals surface area contributed by atoms with Gasteiger partial charge in [-0.2, -0.15) is 15.3 Å². The first kappa shape index (κ1) is 104. The van der Waals surface area contributed by atoms with Crippen molar-refractivity contribution in [2.75, 3.05) is 46.1 Å². The molecule has 6 heterocycles. The van der Waals surface area contributed by atoms with Crippen molar-refractivity contribution < 1.29 is 116 Å². The standard InChI is InChI=1S/C26H29ClF2N5O6P.C26H28ClF2N4O7P.C22H21ClF2N5O6P.C3H9BrSi.ClH.H3N/c1-3-39-41(38,40-4-2)17-8-9-18-20(11-17)34(32-24(18)25(30)36)14-22(35)33-13-16(28)10-21(33)26(37)31-12-15-6-5-7-19(27)23(15)29;1-3-39-41(38,40-4-2)17-8-9-18-20(11-17)33(31-24(18)26(36)37)14-22(34)32-13-16(28)10-21(32)25(35)30-12-15-6-5-7-19(27)23(15)29;23-15-3-1-2-11(19(15)25)8-27-22(33)17-6-12(24)9-29(17)18(31)10-30-16-7-13(37(34,35)36)4-5-14(16)20(28-30)21(26)32;1-5(2,3)4;;/h5-9,11,16,21H,3-4,10,12-14H2,1-2H3,(H2,30,36)(H,31,37);5-9,11,16,21H,3-4,10,12-14H2,1-2H3,(H,30,35)(H,36,37);1-5,7,12,17H,6,8-10H2,(H2,26,32)(H,27,33)(H2,34,35,36);1-3H3;1H;1H3/t2*16-,21+;12-,17+;;;/m111.../s1. The van der Waals surface area contributed by atoms with Crippen molar-refractivity contribution in [2.24, 2.45) is 11.5 Å². The Hall–Kier alpha value is -9.19. The number of primary amides is 2. The van der Waals surface area contributed by atoms with Gasteiger partial charge in [0.1, 0.15) is 80.4 Å². The Morgan fingerprint density at radius 2 is 0.746 bits per heavy atom. The zero-order chi connectivity index (χ0) is 91.4. The minimum atomic E-state index is -4.67. The molecule has 0 unspecified atom stereocenters. The molecule has 3 saturated heterocycles. The van der Waals surface area contributed by atoms with E-state index in [2.05, 4.69) is 66.2 Å². The van der Waals surface area contributed by atoms with Crippen LogP contribution in [-0.4, -0.2) is 202 Å². The van der Waals surface area contributed by atoms with Gasteiger partial charge in [-0.25, -0.2) is 31.1 Å². The highest BCUT2D eigenvalue weighted by molar-refractivity contribution is 9.26. The van der Waals surface area contributed by atoms with Crippen molar-refractivity contribution in [3.05, 3.63) is 175 Å². The molecule has 0 aliphatic carbocycles. The van der Waals surface area contributed by atoms with E-state index in [9.17, 15) is 98.1 Å². The Labute approximate surface area is 747 Å². The number of carboxylic acid groups (broad SMARTS) is 1. The Balaban J connectivity index is 0.000000250. The molecule has 6 atom stereocenters. The summed E-state index contributed by atoms with van der Waals surface area (Å²) < 4.78 is 149. The largest absolute Gasteiger partial charge is 0.476 e. The van der Waals surface area contributed by atoms with Gasteiger partial charge in [0.25, 0.3) is 11.8 Å². The Morgan fingerprint density at radius 1 is 0.484 bits per heavy atom. The molecule has 13 N–H and O–H groups in total. The first-order chi connectivity index (χ1) is 58.3. The third-order valence-corrected chi connectivity index (χ3v) is 25.0. The van der Waals surface area contributed by atoms with Crippen molar-refractivity contribution in [1.29, 1.82) is 0 Å². The molecule has 3 fully saturated rings. The average molecular weight is 1990 g/mol. The fourth-order valence-electron chi connectivity index (χ4n) is 13.5. The molecule has 0 saturated carbocycles. The highest BCUT2D eigenvalue weighted by Gasteiger charge is 2.44. The SMILES string of the molecule is CCOP(=O)(OCC)c1ccc2c(C(=O)O)nn(CC(=O)N3C[C@H](F)C[C@H]3C(=O)NCc3cccc(Cl)c3F)c2c1.CCOP(=O)(OCC)c1ccc2c(C(N)=O)nn(CC(=O)N3C[C@H](F)C[C@H]3C(=O)NCc3cccc(Cl)c3F)c2c1.C[Si](C)(C)Br.Cl.N.NC(=O)c1nn(CC(=O)N2C[C@H](F)C[C@H]2C(=O)NCc2cccc(Cl)c2F)c2cc(P(=O)(O)O)ccc12. The molecule has 3 aliphatic rings. The fraction of sp³-hybridized carbons (Fsp3) is 0.377. The van der Waals surface area contributed by atoms with E-state index in [1.807, 2.05) is 0 Å². The summed E-state index contributed by atoms with van der Waals surface area (Å²) in [6.07, 6.45) is -5.27. The second-order valence-corrected chi connectivity index (χ2v) is 47.1. The number of benzene rings is 6. The van der Waals surface area contributed by atoms with Gasteiger partial charge in [0.2, 0.25) is 35.4 Å². The van der Waals surface area contributed by atoms with Crippen LogP contribution in [0, 0.1) is 17.5 Å². The van der Waals surface area contributed by atoms with E-state index in [-0.39, 0.29) is 194 Å². The molecule has 0 radical (unpaired) electrons. The van der Waals surface area contributed by atoms with Crippen LogP contribution in [0.15, 0.2) is 109 Å². The van der Waals surface area contributed by atoms with E-state index in [4.69, 9.17) is 64.4 Å². The van der Waals surface area contributed by atoms with Crippen molar-refractivity contribution in [2.45, 2.75) is 143 Å². The molecule has 8 amide bonds. The van der Waals surface area contributed by atoms with Gasteiger partial charge in [0, 0.05) is 71.7 Å². The molecule has 9 aromatic rings.